The molecule has 2 nitrogen and oxygen atoms in total. The van der Waals surface area contributed by atoms with Gasteiger partial charge in [-0.25, -0.2) is 0 Å². The Morgan fingerprint density at radius 3 is 2.64 bits per heavy atom. The molecule has 0 radical (unpaired) electrons. The molecular formula is C10H8Cl2N2. The van der Waals surface area contributed by atoms with Crippen LogP contribution < -0.4 is 5.73 Å². The molecule has 0 aliphatic heterocycles. The van der Waals surface area contributed by atoms with E-state index in [1.165, 1.54) is 0 Å². The first-order chi connectivity index (χ1) is 6.58. The van der Waals surface area contributed by atoms with Crippen LogP contribution >= 0.6 is 23.2 Å². The minimum atomic E-state index is 0.530. The number of nitrogens with zero attached hydrogens (tertiary/aromatic N) is 1. The Hall–Kier alpha value is -0.990. The van der Waals surface area contributed by atoms with Crippen LogP contribution in [0.1, 0.15) is 5.69 Å². The van der Waals surface area contributed by atoms with Crippen molar-refractivity contribution in [2.45, 2.75) is 6.92 Å². The fraction of sp³-hybridized carbons (Fsp3) is 0.100. The Kier molecular flexibility index (Phi) is 2.25. The first-order valence-corrected chi connectivity index (χ1v) is 4.85. The summed E-state index contributed by atoms with van der Waals surface area (Å²) in [6.07, 6.45) is 0. The summed E-state index contributed by atoms with van der Waals surface area (Å²) in [6.45, 7) is 1.88. The third-order valence-electron chi connectivity index (χ3n) is 1.99. The lowest BCUT2D eigenvalue weighted by Crippen LogP contribution is -1.92. The summed E-state index contributed by atoms with van der Waals surface area (Å²) in [5, 5.41) is 1.90. The van der Waals surface area contributed by atoms with Crippen molar-refractivity contribution in [1.29, 1.82) is 0 Å². The number of benzene rings is 1. The van der Waals surface area contributed by atoms with Crippen LogP contribution in [0.2, 0.25) is 10.0 Å². The molecule has 1 heterocycles. The molecule has 0 aliphatic rings. The fourth-order valence-electron chi connectivity index (χ4n) is 1.41. The fourth-order valence-corrected chi connectivity index (χ4v) is 1.95. The molecule has 2 N–H and O–H groups in total. The van der Waals surface area contributed by atoms with Crippen LogP contribution in [0.5, 0.6) is 0 Å². The van der Waals surface area contributed by atoms with Gasteiger partial charge in [0, 0.05) is 21.8 Å². The van der Waals surface area contributed by atoms with Crippen molar-refractivity contribution in [1.82, 2.24) is 4.98 Å². The molecule has 0 bridgehead atoms. The quantitative estimate of drug-likeness (QED) is 0.748. The number of aromatic nitrogens is 1. The van der Waals surface area contributed by atoms with Crippen LogP contribution in [0.25, 0.3) is 10.9 Å². The molecular weight excluding hydrogens is 219 g/mol. The van der Waals surface area contributed by atoms with Crippen LogP contribution in [0.15, 0.2) is 18.2 Å². The smallest absolute Gasteiger partial charge is 0.0913 e. The molecule has 0 aliphatic carbocycles. The minimum Gasteiger partial charge on any atom is -0.398 e. The van der Waals surface area contributed by atoms with Crippen molar-refractivity contribution >= 4 is 39.8 Å². The van der Waals surface area contributed by atoms with E-state index in [1.54, 1.807) is 18.2 Å². The second kappa shape index (κ2) is 3.30. The first-order valence-electron chi connectivity index (χ1n) is 4.10. The van der Waals surface area contributed by atoms with Gasteiger partial charge in [0.1, 0.15) is 0 Å². The van der Waals surface area contributed by atoms with Crippen molar-refractivity contribution in [3.05, 3.63) is 33.9 Å². The topological polar surface area (TPSA) is 38.9 Å². The molecule has 2 rings (SSSR count). The lowest BCUT2D eigenvalue weighted by molar-refractivity contribution is 1.26. The van der Waals surface area contributed by atoms with Crippen molar-refractivity contribution < 1.29 is 0 Å². The molecule has 0 spiro atoms. The van der Waals surface area contributed by atoms with Gasteiger partial charge >= 0.3 is 0 Å². The van der Waals surface area contributed by atoms with E-state index in [2.05, 4.69) is 4.98 Å². The van der Waals surface area contributed by atoms with E-state index < -0.39 is 0 Å². The van der Waals surface area contributed by atoms with Crippen LogP contribution in [0.4, 0.5) is 5.69 Å². The van der Waals surface area contributed by atoms with E-state index in [9.17, 15) is 0 Å². The Labute approximate surface area is 91.6 Å². The van der Waals surface area contributed by atoms with Crippen molar-refractivity contribution in [2.24, 2.45) is 0 Å². The van der Waals surface area contributed by atoms with Crippen LogP contribution in [-0.4, -0.2) is 4.98 Å². The number of hydrogen-bond donors (Lipinski definition) is 1. The van der Waals surface area contributed by atoms with E-state index in [0.29, 0.717) is 21.2 Å². The van der Waals surface area contributed by atoms with Gasteiger partial charge in [-0.2, -0.15) is 0 Å². The van der Waals surface area contributed by atoms with E-state index in [1.807, 2.05) is 6.92 Å². The maximum atomic E-state index is 6.00. The number of anilines is 1. The molecule has 0 amide bonds. The Balaban J connectivity index is 2.94. The minimum absolute atomic E-state index is 0.530. The van der Waals surface area contributed by atoms with E-state index in [4.69, 9.17) is 28.9 Å². The van der Waals surface area contributed by atoms with Gasteiger partial charge in [-0.3, -0.25) is 4.98 Å². The van der Waals surface area contributed by atoms with E-state index in [0.717, 1.165) is 11.1 Å². The summed E-state index contributed by atoms with van der Waals surface area (Å²) < 4.78 is 0. The molecule has 0 unspecified atom stereocenters. The van der Waals surface area contributed by atoms with Gasteiger partial charge in [0.15, 0.2) is 0 Å². The predicted octanol–water partition coefficient (Wildman–Crippen LogP) is 3.43. The first kappa shape index (κ1) is 9.56. The summed E-state index contributed by atoms with van der Waals surface area (Å²) in [6, 6.07) is 5.23. The van der Waals surface area contributed by atoms with Crippen molar-refractivity contribution in [3.8, 4) is 0 Å². The number of rotatable bonds is 0. The highest BCUT2D eigenvalue weighted by Gasteiger charge is 2.06. The van der Waals surface area contributed by atoms with E-state index >= 15 is 0 Å². The second-order valence-electron chi connectivity index (χ2n) is 3.14. The van der Waals surface area contributed by atoms with Gasteiger partial charge in [0.05, 0.1) is 10.5 Å². The van der Waals surface area contributed by atoms with Crippen LogP contribution in [0.3, 0.4) is 0 Å². The molecule has 0 fully saturated rings. The lowest BCUT2D eigenvalue weighted by Gasteiger charge is -2.05. The van der Waals surface area contributed by atoms with E-state index in [-0.39, 0.29) is 0 Å². The van der Waals surface area contributed by atoms with Gasteiger partial charge in [-0.05, 0) is 25.1 Å². The van der Waals surface area contributed by atoms with Gasteiger partial charge in [0.25, 0.3) is 0 Å². The lowest BCUT2D eigenvalue weighted by atomic mass is 10.1. The van der Waals surface area contributed by atoms with Gasteiger partial charge in [-0.1, -0.05) is 23.2 Å². The van der Waals surface area contributed by atoms with Crippen LogP contribution in [-0.2, 0) is 0 Å². The Morgan fingerprint density at radius 2 is 1.93 bits per heavy atom. The maximum absolute atomic E-state index is 6.00. The average Bonchev–Trinajstić information content (AvgIpc) is 2.07. The van der Waals surface area contributed by atoms with Crippen molar-refractivity contribution in [2.75, 3.05) is 5.73 Å². The van der Waals surface area contributed by atoms with Gasteiger partial charge in [0.2, 0.25) is 0 Å². The number of hydrogen-bond acceptors (Lipinski definition) is 2. The molecule has 72 valence electrons. The standard InChI is InChI=1S/C10H8Cl2N2/c1-5-2-9(13)7-3-6(11)4-8(12)10(7)14-5/h2-4H,1H3,(H2,13,14). The summed E-state index contributed by atoms with van der Waals surface area (Å²) in [4.78, 5) is 4.31. The van der Waals surface area contributed by atoms with Crippen molar-refractivity contribution in [3.63, 3.8) is 0 Å². The second-order valence-corrected chi connectivity index (χ2v) is 3.98. The number of nitrogen functional groups attached to an aromatic ring is 1. The van der Waals surface area contributed by atoms with Gasteiger partial charge < -0.3 is 5.73 Å². The zero-order valence-electron chi connectivity index (χ0n) is 7.51. The number of pyridine rings is 1. The van der Waals surface area contributed by atoms with Gasteiger partial charge in [-0.15, -0.1) is 0 Å². The highest BCUT2D eigenvalue weighted by molar-refractivity contribution is 6.38. The summed E-state index contributed by atoms with van der Waals surface area (Å²) in [5.74, 6) is 0. The maximum Gasteiger partial charge on any atom is 0.0913 e. The highest BCUT2D eigenvalue weighted by atomic mass is 35.5. The SMILES string of the molecule is Cc1cc(N)c2cc(Cl)cc(Cl)c2n1. The highest BCUT2D eigenvalue weighted by Crippen LogP contribution is 2.30. The third-order valence-corrected chi connectivity index (χ3v) is 2.50. The zero-order valence-corrected chi connectivity index (χ0v) is 9.02. The molecule has 2 aromatic rings. The molecule has 0 atom stereocenters. The predicted molar refractivity (Wildman–Crippen MR) is 60.9 cm³/mol. The molecule has 1 aromatic carbocycles. The molecule has 1 aromatic heterocycles. The average molecular weight is 227 g/mol. The summed E-state index contributed by atoms with van der Waals surface area (Å²) >= 11 is 11.9. The normalized spacial score (nSPS) is 10.8. The molecule has 14 heavy (non-hydrogen) atoms. The zero-order chi connectivity index (χ0) is 10.3. The largest absolute Gasteiger partial charge is 0.398 e. The Morgan fingerprint density at radius 1 is 1.21 bits per heavy atom. The number of fused-ring (bicyclic) bond motifs is 1. The number of halogens is 2. The Bertz CT molecular complexity index is 462. The summed E-state index contributed by atoms with van der Waals surface area (Å²) in [5.41, 5.74) is 8.04. The van der Waals surface area contributed by atoms with Crippen LogP contribution in [0, 0.1) is 6.92 Å². The molecule has 4 heteroatoms. The monoisotopic (exact) mass is 226 g/mol. The summed E-state index contributed by atoms with van der Waals surface area (Å²) in [7, 11) is 0. The number of nitrogens with two attached hydrogens (primary N) is 1. The third kappa shape index (κ3) is 1.51. The molecule has 0 saturated carbocycles. The molecule has 0 saturated heterocycles. The number of aryl methyl sites for hydroxylation is 1.